The van der Waals surface area contributed by atoms with Gasteiger partial charge in [-0.1, -0.05) is 17.8 Å². The van der Waals surface area contributed by atoms with Crippen molar-refractivity contribution in [3.8, 4) is 0 Å². The highest BCUT2D eigenvalue weighted by molar-refractivity contribution is 8.15. The predicted molar refractivity (Wildman–Crippen MR) is 72.2 cm³/mol. The topological polar surface area (TPSA) is 58.9 Å². The van der Waals surface area contributed by atoms with E-state index in [0.29, 0.717) is 10.7 Å². The second-order valence-electron chi connectivity index (χ2n) is 3.73. The number of esters is 1. The van der Waals surface area contributed by atoms with Gasteiger partial charge in [0, 0.05) is 0 Å². The van der Waals surface area contributed by atoms with E-state index in [4.69, 9.17) is 4.74 Å². The molecule has 1 N–H and O–H groups in total. The lowest BCUT2D eigenvalue weighted by Gasteiger charge is -2.04. The molecule has 2 rings (SSSR count). The quantitative estimate of drug-likeness (QED) is 0.865. The Hall–Kier alpha value is -1.82. The van der Waals surface area contributed by atoms with E-state index >= 15 is 0 Å². The van der Waals surface area contributed by atoms with Gasteiger partial charge in [-0.15, -0.1) is 0 Å². The van der Waals surface area contributed by atoms with Crippen LogP contribution in [0.15, 0.2) is 40.6 Å². The van der Waals surface area contributed by atoms with Crippen molar-refractivity contribution in [3.05, 3.63) is 41.4 Å². The maximum Gasteiger partial charge on any atom is 0.344 e. The van der Waals surface area contributed by atoms with Crippen molar-refractivity contribution >= 4 is 28.5 Å². The summed E-state index contributed by atoms with van der Waals surface area (Å²) in [6.45, 7) is 1.90. The molecule has 0 aromatic heterocycles. The summed E-state index contributed by atoms with van der Waals surface area (Å²) in [7, 11) is 0. The number of rotatable bonds is 3. The standard InChI is InChI=1S/C13H12FNO3S/c1-2-18-13(17)11-10(16)7-19-12(11)15-9-5-3-4-8(14)6-9/h3-6,16H,2,7H2,1H3. The Labute approximate surface area is 114 Å². The van der Waals surface area contributed by atoms with Gasteiger partial charge in [-0.2, -0.15) is 0 Å². The highest BCUT2D eigenvalue weighted by Crippen LogP contribution is 2.30. The molecule has 19 heavy (non-hydrogen) atoms. The number of nitrogens with zero attached hydrogens (tertiary/aromatic N) is 1. The van der Waals surface area contributed by atoms with Crippen LogP contribution in [0.3, 0.4) is 0 Å². The summed E-state index contributed by atoms with van der Waals surface area (Å²) in [4.78, 5) is 15.9. The Morgan fingerprint density at radius 2 is 2.37 bits per heavy atom. The van der Waals surface area contributed by atoms with Gasteiger partial charge in [0.15, 0.2) is 0 Å². The van der Waals surface area contributed by atoms with E-state index in [0.717, 1.165) is 0 Å². The zero-order chi connectivity index (χ0) is 13.8. The molecule has 1 aliphatic rings. The van der Waals surface area contributed by atoms with Crippen LogP contribution in [0.5, 0.6) is 0 Å². The molecule has 100 valence electrons. The molecule has 0 bridgehead atoms. The largest absolute Gasteiger partial charge is 0.510 e. The van der Waals surface area contributed by atoms with Gasteiger partial charge in [-0.3, -0.25) is 0 Å². The maximum atomic E-state index is 13.1. The zero-order valence-corrected chi connectivity index (χ0v) is 11.0. The summed E-state index contributed by atoms with van der Waals surface area (Å²) in [6.07, 6.45) is 0. The molecule has 0 unspecified atom stereocenters. The fourth-order valence-electron chi connectivity index (χ4n) is 1.56. The lowest BCUT2D eigenvalue weighted by molar-refractivity contribution is -0.138. The average molecular weight is 281 g/mol. The van der Waals surface area contributed by atoms with Gasteiger partial charge in [-0.25, -0.2) is 14.2 Å². The summed E-state index contributed by atoms with van der Waals surface area (Å²) in [5.41, 5.74) is 0.454. The van der Waals surface area contributed by atoms with Crippen LogP contribution in [-0.2, 0) is 9.53 Å². The number of aliphatic hydroxyl groups excluding tert-OH is 1. The molecule has 0 atom stereocenters. The van der Waals surface area contributed by atoms with E-state index in [1.165, 1.54) is 30.0 Å². The van der Waals surface area contributed by atoms with Gasteiger partial charge in [0.1, 0.15) is 22.2 Å². The number of benzene rings is 1. The minimum Gasteiger partial charge on any atom is -0.510 e. The van der Waals surface area contributed by atoms with Crippen molar-refractivity contribution in [2.24, 2.45) is 4.99 Å². The molecule has 4 nitrogen and oxygen atoms in total. The Kier molecular flexibility index (Phi) is 4.21. The predicted octanol–water partition coefficient (Wildman–Crippen LogP) is 2.98. The molecule has 1 aromatic carbocycles. The van der Waals surface area contributed by atoms with Crippen molar-refractivity contribution in [2.45, 2.75) is 6.92 Å². The molecule has 0 aliphatic carbocycles. The fraction of sp³-hybridized carbons (Fsp3) is 0.231. The van der Waals surface area contributed by atoms with Crippen molar-refractivity contribution in [1.82, 2.24) is 0 Å². The molecule has 1 aromatic rings. The third-order valence-electron chi connectivity index (χ3n) is 2.37. The van der Waals surface area contributed by atoms with E-state index in [1.807, 2.05) is 0 Å². The smallest absolute Gasteiger partial charge is 0.344 e. The summed E-state index contributed by atoms with van der Waals surface area (Å²) in [5, 5.41) is 10.0. The van der Waals surface area contributed by atoms with Crippen molar-refractivity contribution in [1.29, 1.82) is 0 Å². The monoisotopic (exact) mass is 281 g/mol. The summed E-state index contributed by atoms with van der Waals surface area (Å²) >= 11 is 1.22. The number of carbonyl (C=O) groups excluding carboxylic acids is 1. The van der Waals surface area contributed by atoms with Gasteiger partial charge in [0.25, 0.3) is 0 Å². The minimum atomic E-state index is -0.611. The van der Waals surface area contributed by atoms with Crippen LogP contribution >= 0.6 is 11.8 Å². The van der Waals surface area contributed by atoms with Gasteiger partial charge in [0.2, 0.25) is 0 Å². The molecular formula is C13H12FNO3S. The molecule has 0 saturated heterocycles. The Balaban J connectivity index is 2.32. The first-order chi connectivity index (χ1) is 9.11. The molecule has 0 fully saturated rings. The molecule has 0 saturated carbocycles. The SMILES string of the molecule is CCOC(=O)C1=C(O)CSC1=Nc1cccc(F)c1. The normalized spacial score (nSPS) is 17.1. The van der Waals surface area contributed by atoms with Crippen molar-refractivity contribution in [3.63, 3.8) is 0 Å². The first-order valence-corrected chi connectivity index (χ1v) is 6.67. The molecule has 0 amide bonds. The van der Waals surface area contributed by atoms with Crippen LogP contribution in [0, 0.1) is 5.82 Å². The first-order valence-electron chi connectivity index (χ1n) is 5.68. The number of thioether (sulfide) groups is 1. The summed E-state index contributed by atoms with van der Waals surface area (Å²) in [5.74, 6) is -0.808. The van der Waals surface area contributed by atoms with Crippen LogP contribution in [0.2, 0.25) is 0 Å². The third-order valence-corrected chi connectivity index (χ3v) is 3.35. The van der Waals surface area contributed by atoms with Gasteiger partial charge < -0.3 is 9.84 Å². The van der Waals surface area contributed by atoms with Crippen LogP contribution in [0.4, 0.5) is 10.1 Å². The number of aliphatic hydroxyl groups is 1. The average Bonchev–Trinajstić information content (AvgIpc) is 2.71. The summed E-state index contributed by atoms with van der Waals surface area (Å²) in [6, 6.07) is 5.72. The minimum absolute atomic E-state index is 0.0568. The molecule has 6 heteroatoms. The van der Waals surface area contributed by atoms with Crippen molar-refractivity contribution in [2.75, 3.05) is 12.4 Å². The van der Waals surface area contributed by atoms with E-state index in [9.17, 15) is 14.3 Å². The number of carbonyl (C=O) groups is 1. The molecule has 1 heterocycles. The number of aliphatic imine (C=N–C) groups is 1. The van der Waals surface area contributed by atoms with E-state index < -0.39 is 11.8 Å². The maximum absolute atomic E-state index is 13.1. The Bertz CT molecular complexity index is 569. The second kappa shape index (κ2) is 5.88. The van der Waals surface area contributed by atoms with E-state index in [2.05, 4.69) is 4.99 Å². The number of halogens is 1. The van der Waals surface area contributed by atoms with E-state index in [-0.39, 0.29) is 23.7 Å². The second-order valence-corrected chi connectivity index (χ2v) is 4.69. The van der Waals surface area contributed by atoms with Crippen LogP contribution in [-0.4, -0.2) is 28.5 Å². The third kappa shape index (κ3) is 3.14. The van der Waals surface area contributed by atoms with Crippen LogP contribution in [0.1, 0.15) is 6.92 Å². The highest BCUT2D eigenvalue weighted by Gasteiger charge is 2.29. The lowest BCUT2D eigenvalue weighted by atomic mass is 10.2. The highest BCUT2D eigenvalue weighted by atomic mass is 32.2. The zero-order valence-electron chi connectivity index (χ0n) is 10.2. The Morgan fingerprint density at radius 1 is 1.58 bits per heavy atom. The molecule has 0 spiro atoms. The number of hydrogen-bond acceptors (Lipinski definition) is 5. The lowest BCUT2D eigenvalue weighted by Crippen LogP contribution is -2.12. The Morgan fingerprint density at radius 3 is 3.05 bits per heavy atom. The van der Waals surface area contributed by atoms with Gasteiger partial charge in [-0.05, 0) is 25.1 Å². The molecular weight excluding hydrogens is 269 g/mol. The van der Waals surface area contributed by atoms with Crippen LogP contribution in [0.25, 0.3) is 0 Å². The van der Waals surface area contributed by atoms with Crippen LogP contribution < -0.4 is 0 Å². The first kappa shape index (κ1) is 13.6. The van der Waals surface area contributed by atoms with Crippen molar-refractivity contribution < 1.29 is 19.0 Å². The molecule has 0 radical (unpaired) electrons. The van der Waals surface area contributed by atoms with E-state index in [1.54, 1.807) is 13.0 Å². The molecule has 1 aliphatic heterocycles. The number of hydrogen-bond donors (Lipinski definition) is 1. The number of ether oxygens (including phenoxy) is 1. The van der Waals surface area contributed by atoms with Gasteiger partial charge in [0.05, 0.1) is 18.0 Å². The summed E-state index contributed by atoms with van der Waals surface area (Å²) < 4.78 is 17.9. The van der Waals surface area contributed by atoms with Gasteiger partial charge >= 0.3 is 5.97 Å². The fourth-order valence-corrected chi connectivity index (χ4v) is 2.50.